The average molecular weight is 363 g/mol. The summed E-state index contributed by atoms with van der Waals surface area (Å²) in [5.41, 5.74) is 0. The standard InChI is InChI=1S/Ca.2ClH.2H3N.Na.2H2O4S/c;;;;;;2*1-5(2,3)4/h;2*1H;2*1H3;;2*(H2,1,2,3,4)/q+2;;;;;+1;;/p-3. The first-order valence-corrected chi connectivity index (χ1v) is 4.05. The maximum Gasteiger partial charge on any atom is 2.00 e. The molecule has 0 aromatic rings. The van der Waals surface area contributed by atoms with Crippen molar-refractivity contribution in [3.63, 3.8) is 0 Å². The van der Waals surface area contributed by atoms with E-state index < -0.39 is 20.8 Å². The van der Waals surface area contributed by atoms with Gasteiger partial charge in [-0.15, -0.1) is 0 Å². The molecule has 16 heavy (non-hydrogen) atoms. The van der Waals surface area contributed by atoms with Gasteiger partial charge in [0.05, 0.1) is 0 Å². The third kappa shape index (κ3) is 634. The van der Waals surface area contributed by atoms with Crippen molar-refractivity contribution in [2.75, 3.05) is 0 Å². The molecule has 0 amide bonds. The molecule has 10 nitrogen and oxygen atoms in total. The van der Waals surface area contributed by atoms with Gasteiger partial charge in [-0.2, -0.15) is 0 Å². The summed E-state index contributed by atoms with van der Waals surface area (Å²) in [5, 5.41) is 0. The molecule has 0 unspecified atom stereocenters. The molecule has 0 aliphatic rings. The SMILES string of the molecule is O=S(=O)([O-])O.O=S(=O)([O-])[O-].[Ca+2].[Cl-].[Cl-].[NH4+].[NH4+].[Na+]. The zero-order chi connectivity index (χ0) is 9.00. The van der Waals surface area contributed by atoms with Gasteiger partial charge < -0.3 is 50.8 Å². The maximum atomic E-state index is 8.63. The van der Waals surface area contributed by atoms with Crippen molar-refractivity contribution in [1.29, 1.82) is 0 Å². The van der Waals surface area contributed by atoms with Crippen LogP contribution in [0, 0.1) is 0 Å². The molecule has 96 valence electrons. The van der Waals surface area contributed by atoms with Crippen LogP contribution in [0.1, 0.15) is 0 Å². The van der Waals surface area contributed by atoms with Crippen LogP contribution in [0.3, 0.4) is 0 Å². The molecule has 0 saturated heterocycles. The molecule has 0 radical (unpaired) electrons. The van der Waals surface area contributed by atoms with Gasteiger partial charge in [-0.25, -0.2) is 8.42 Å². The third-order valence-electron chi connectivity index (χ3n) is 0. The summed E-state index contributed by atoms with van der Waals surface area (Å²) < 4.78 is 66.9. The Morgan fingerprint density at radius 3 is 0.812 bits per heavy atom. The molecule has 0 aromatic heterocycles. The number of halogens is 2. The number of hydrogen-bond donors (Lipinski definition) is 3. The van der Waals surface area contributed by atoms with E-state index in [0.717, 1.165) is 0 Å². The van der Waals surface area contributed by atoms with Crippen molar-refractivity contribution in [2.45, 2.75) is 0 Å². The van der Waals surface area contributed by atoms with Crippen LogP contribution < -0.4 is 66.7 Å². The van der Waals surface area contributed by atoms with Crippen LogP contribution in [0.25, 0.3) is 0 Å². The zero-order valence-corrected chi connectivity index (χ0v) is 15.9. The molecule has 16 heteroatoms. The molecule has 0 saturated carbocycles. The van der Waals surface area contributed by atoms with E-state index in [1.807, 2.05) is 0 Å². The second kappa shape index (κ2) is 22.7. The van der Waals surface area contributed by atoms with Gasteiger partial charge in [-0.1, -0.05) is 0 Å². The van der Waals surface area contributed by atoms with Crippen molar-refractivity contribution < 1.29 is 89.4 Å². The summed E-state index contributed by atoms with van der Waals surface area (Å²) in [6.07, 6.45) is 0. The summed E-state index contributed by atoms with van der Waals surface area (Å²) in [6, 6.07) is 0. The summed E-state index contributed by atoms with van der Waals surface area (Å²) in [7, 11) is -10.1. The molecule has 0 spiro atoms. The van der Waals surface area contributed by atoms with E-state index in [0.29, 0.717) is 0 Å². The van der Waals surface area contributed by atoms with Crippen molar-refractivity contribution in [3.05, 3.63) is 0 Å². The summed E-state index contributed by atoms with van der Waals surface area (Å²) >= 11 is 0. The van der Waals surface area contributed by atoms with Crippen LogP contribution >= 0.6 is 0 Å². The monoisotopic (exact) mass is 362 g/mol. The Kier molecular flexibility index (Phi) is 72.8. The van der Waals surface area contributed by atoms with Crippen molar-refractivity contribution in [1.82, 2.24) is 12.3 Å². The van der Waals surface area contributed by atoms with Crippen LogP contribution in [0.4, 0.5) is 0 Å². The predicted octanol–water partition coefficient (Wildman–Crippen LogP) is -10.9. The third-order valence-corrected chi connectivity index (χ3v) is 0. The normalized spacial score (nSPS) is 7.25. The molecule has 0 rings (SSSR count). The van der Waals surface area contributed by atoms with Crippen LogP contribution in [0.2, 0.25) is 0 Å². The second-order valence-corrected chi connectivity index (χ2v) is 2.51. The van der Waals surface area contributed by atoms with E-state index in [1.54, 1.807) is 0 Å². The minimum atomic E-state index is -5.17. The van der Waals surface area contributed by atoms with E-state index in [9.17, 15) is 0 Å². The predicted molar refractivity (Wildman–Crippen MR) is 40.5 cm³/mol. The van der Waals surface area contributed by atoms with Gasteiger partial charge >= 0.3 is 67.3 Å². The second-order valence-electron chi connectivity index (χ2n) is 0.836. The average Bonchev–Trinajstić information content (AvgIpc) is 1.12. The fraction of sp³-hybridized carbons (Fsp3) is 0. The molecule has 0 atom stereocenters. The minimum absolute atomic E-state index is 0. The first kappa shape index (κ1) is 51.4. The molecule has 0 bridgehead atoms. The number of rotatable bonds is 0. The van der Waals surface area contributed by atoms with E-state index in [4.69, 9.17) is 35.0 Å². The molecular formula is H9CaCl2N2NaO8S2. The molecule has 0 heterocycles. The Labute approximate surface area is 158 Å². The first-order chi connectivity index (χ1) is 4.00. The number of quaternary nitrogens is 2. The Bertz CT molecular complexity index is 230. The van der Waals surface area contributed by atoms with Crippen LogP contribution in [0.5, 0.6) is 0 Å². The molecule has 0 aromatic carbocycles. The van der Waals surface area contributed by atoms with Gasteiger partial charge in [0.25, 0.3) is 0 Å². The van der Waals surface area contributed by atoms with Crippen LogP contribution in [-0.2, 0) is 20.8 Å². The fourth-order valence-electron chi connectivity index (χ4n) is 0. The van der Waals surface area contributed by atoms with Gasteiger partial charge in [-0.3, -0.25) is 13.0 Å². The molecule has 9 N–H and O–H groups in total. The quantitative estimate of drug-likeness (QED) is 0.212. The zero-order valence-electron chi connectivity index (χ0n) is 8.58. The fourth-order valence-corrected chi connectivity index (χ4v) is 0. The van der Waals surface area contributed by atoms with Crippen molar-refractivity contribution in [3.8, 4) is 0 Å². The van der Waals surface area contributed by atoms with Gasteiger partial charge in [0.15, 0.2) is 0 Å². The molecule has 0 aliphatic heterocycles. The largest absolute Gasteiger partial charge is 2.00 e. The smallest absolute Gasteiger partial charge is 1.00 e. The number of hydrogen-bond acceptors (Lipinski definition) is 7. The van der Waals surface area contributed by atoms with E-state index in [1.165, 1.54) is 0 Å². The topological polar surface area (TPSA) is 231 Å². The minimum Gasteiger partial charge on any atom is -1.00 e. The first-order valence-electron chi connectivity index (χ1n) is 1.35. The van der Waals surface area contributed by atoms with Gasteiger partial charge in [-0.05, 0) is 0 Å². The molecule has 0 fully saturated rings. The summed E-state index contributed by atoms with van der Waals surface area (Å²) in [5.74, 6) is 0. The van der Waals surface area contributed by atoms with Crippen molar-refractivity contribution >= 4 is 58.5 Å². The molecular weight excluding hydrogens is 354 g/mol. The maximum absolute atomic E-state index is 8.63. The summed E-state index contributed by atoms with van der Waals surface area (Å²) in [4.78, 5) is 0. The van der Waals surface area contributed by atoms with Gasteiger partial charge in [0.2, 0.25) is 10.4 Å². The summed E-state index contributed by atoms with van der Waals surface area (Å²) in [6.45, 7) is 0. The van der Waals surface area contributed by atoms with E-state index in [2.05, 4.69) is 0 Å². The Morgan fingerprint density at radius 2 is 0.812 bits per heavy atom. The Hall–Kier alpha value is 2.50. The van der Waals surface area contributed by atoms with Gasteiger partial charge in [0, 0.05) is 10.4 Å². The van der Waals surface area contributed by atoms with Crippen LogP contribution in [-0.4, -0.2) is 72.8 Å². The molecule has 0 aliphatic carbocycles. The Morgan fingerprint density at radius 1 is 0.812 bits per heavy atom. The van der Waals surface area contributed by atoms with E-state index >= 15 is 0 Å². The van der Waals surface area contributed by atoms with E-state index in [-0.39, 0.29) is 104 Å². The van der Waals surface area contributed by atoms with Crippen molar-refractivity contribution in [2.24, 2.45) is 0 Å². The van der Waals surface area contributed by atoms with Crippen LogP contribution in [0.15, 0.2) is 0 Å². The van der Waals surface area contributed by atoms with Gasteiger partial charge in [0.1, 0.15) is 0 Å². The Balaban J connectivity index is -0.00000000970.